The lowest BCUT2D eigenvalue weighted by Gasteiger charge is -2.34. The van der Waals surface area contributed by atoms with Crippen molar-refractivity contribution in [1.29, 1.82) is 0 Å². The summed E-state index contributed by atoms with van der Waals surface area (Å²) in [6.45, 7) is 1.81. The van der Waals surface area contributed by atoms with Gasteiger partial charge in [0.05, 0.1) is 5.69 Å². The van der Waals surface area contributed by atoms with Gasteiger partial charge in [0.15, 0.2) is 5.78 Å². The van der Waals surface area contributed by atoms with Crippen molar-refractivity contribution in [3.05, 3.63) is 87.5 Å². The van der Waals surface area contributed by atoms with Crippen molar-refractivity contribution in [3.63, 3.8) is 0 Å². The van der Waals surface area contributed by atoms with E-state index in [1.54, 1.807) is 24.3 Å². The Kier molecular flexibility index (Phi) is 5.24. The Morgan fingerprint density at radius 2 is 1.86 bits per heavy atom. The molecule has 4 rings (SSSR count). The molecule has 4 nitrogen and oxygen atoms in total. The van der Waals surface area contributed by atoms with Gasteiger partial charge >= 0.3 is 0 Å². The summed E-state index contributed by atoms with van der Waals surface area (Å²) >= 11 is 6.04. The number of dihydropyridines is 1. The minimum atomic E-state index is -0.525. The normalized spacial score (nSPS) is 19.0. The molecule has 0 aromatic heterocycles. The first-order chi connectivity index (χ1) is 14.0. The van der Waals surface area contributed by atoms with E-state index in [2.05, 4.69) is 10.6 Å². The van der Waals surface area contributed by atoms with E-state index in [4.69, 9.17) is 11.6 Å². The lowest BCUT2D eigenvalue weighted by Crippen LogP contribution is -2.35. The van der Waals surface area contributed by atoms with E-state index < -0.39 is 17.6 Å². The average Bonchev–Trinajstić information content (AvgIpc) is 2.69. The minimum absolute atomic E-state index is 0.0300. The fourth-order valence-electron chi connectivity index (χ4n) is 4.03. The highest BCUT2D eigenvalue weighted by molar-refractivity contribution is 6.30. The van der Waals surface area contributed by atoms with Crippen molar-refractivity contribution in [3.8, 4) is 0 Å². The number of para-hydroxylation sites is 1. The molecule has 0 bridgehead atoms. The number of carbonyl (C=O) groups excluding carboxylic acids is 2. The first kappa shape index (κ1) is 19.4. The molecule has 0 saturated carbocycles. The molecule has 0 radical (unpaired) electrons. The Balaban J connectivity index is 1.79. The zero-order chi connectivity index (χ0) is 20.5. The molecule has 1 atom stereocenters. The van der Waals surface area contributed by atoms with Gasteiger partial charge in [-0.25, -0.2) is 4.39 Å². The second kappa shape index (κ2) is 7.84. The SMILES string of the molecule is CC1=C(C(=O)Nc2ccccc2F)[C@@H](c2ccc(Cl)cc2)C2=C(CCCC2=O)N1. The van der Waals surface area contributed by atoms with Gasteiger partial charge in [0.25, 0.3) is 5.91 Å². The highest BCUT2D eigenvalue weighted by atomic mass is 35.5. The van der Waals surface area contributed by atoms with Crippen LogP contribution in [0.4, 0.5) is 10.1 Å². The van der Waals surface area contributed by atoms with Crippen LogP contribution in [0.2, 0.25) is 5.02 Å². The maximum Gasteiger partial charge on any atom is 0.254 e. The molecular formula is C23H20ClFN2O2. The largest absolute Gasteiger partial charge is 0.362 e. The second-order valence-corrected chi connectivity index (χ2v) is 7.69. The fourth-order valence-corrected chi connectivity index (χ4v) is 4.15. The number of amides is 1. The third kappa shape index (κ3) is 3.70. The summed E-state index contributed by atoms with van der Waals surface area (Å²) in [4.78, 5) is 26.1. The van der Waals surface area contributed by atoms with E-state index >= 15 is 0 Å². The summed E-state index contributed by atoms with van der Waals surface area (Å²) in [7, 11) is 0. The Morgan fingerprint density at radius 1 is 1.14 bits per heavy atom. The van der Waals surface area contributed by atoms with E-state index in [9.17, 15) is 14.0 Å². The molecule has 0 fully saturated rings. The predicted molar refractivity (Wildman–Crippen MR) is 111 cm³/mol. The molecule has 2 aromatic rings. The molecule has 1 aliphatic carbocycles. The average molecular weight is 411 g/mol. The van der Waals surface area contributed by atoms with Crippen molar-refractivity contribution in [2.24, 2.45) is 0 Å². The standard InChI is InChI=1S/C23H20ClFN2O2/c1-13-20(23(29)27-17-6-3-2-5-16(17)25)21(14-9-11-15(24)12-10-14)22-18(26-13)7-4-8-19(22)28/h2-3,5-6,9-12,21,26H,4,7-8H2,1H3,(H,27,29)/t21-/m1/s1. The third-order valence-corrected chi connectivity index (χ3v) is 5.60. The number of anilines is 1. The maximum atomic E-state index is 14.1. The van der Waals surface area contributed by atoms with Gasteiger partial charge in [-0.2, -0.15) is 0 Å². The summed E-state index contributed by atoms with van der Waals surface area (Å²) in [6.07, 6.45) is 1.98. The summed E-state index contributed by atoms with van der Waals surface area (Å²) < 4.78 is 14.1. The van der Waals surface area contributed by atoms with Gasteiger partial charge in [0.2, 0.25) is 0 Å². The molecule has 1 aliphatic heterocycles. The van der Waals surface area contributed by atoms with Gasteiger partial charge in [-0.3, -0.25) is 9.59 Å². The summed E-state index contributed by atoms with van der Waals surface area (Å²) in [5, 5.41) is 6.48. The maximum absolute atomic E-state index is 14.1. The third-order valence-electron chi connectivity index (χ3n) is 5.35. The molecule has 0 spiro atoms. The van der Waals surface area contributed by atoms with Crippen molar-refractivity contribution < 1.29 is 14.0 Å². The number of rotatable bonds is 3. The monoisotopic (exact) mass is 410 g/mol. The van der Waals surface area contributed by atoms with Crippen molar-refractivity contribution in [2.45, 2.75) is 32.1 Å². The lowest BCUT2D eigenvalue weighted by atomic mass is 9.75. The number of ketones is 1. The lowest BCUT2D eigenvalue weighted by molar-refractivity contribution is -0.116. The number of hydrogen-bond acceptors (Lipinski definition) is 3. The summed E-state index contributed by atoms with van der Waals surface area (Å²) in [6, 6.07) is 13.2. The Hall–Kier alpha value is -2.92. The van der Waals surface area contributed by atoms with E-state index in [0.717, 1.165) is 24.1 Å². The predicted octanol–water partition coefficient (Wildman–Crippen LogP) is 5.09. The van der Waals surface area contributed by atoms with Crippen LogP contribution in [-0.2, 0) is 9.59 Å². The van der Waals surface area contributed by atoms with E-state index in [0.29, 0.717) is 28.3 Å². The zero-order valence-corrected chi connectivity index (χ0v) is 16.6. The Morgan fingerprint density at radius 3 is 2.59 bits per heavy atom. The number of allylic oxidation sites excluding steroid dienone is 3. The van der Waals surface area contributed by atoms with Gasteiger partial charge in [-0.15, -0.1) is 0 Å². The quantitative estimate of drug-likeness (QED) is 0.741. The molecule has 2 N–H and O–H groups in total. The molecule has 6 heteroatoms. The van der Waals surface area contributed by atoms with Crippen LogP contribution in [0.5, 0.6) is 0 Å². The molecule has 148 valence electrons. The first-order valence-electron chi connectivity index (χ1n) is 9.51. The molecule has 1 heterocycles. The van der Waals surface area contributed by atoms with Crippen LogP contribution in [0.25, 0.3) is 0 Å². The molecule has 0 saturated heterocycles. The number of nitrogens with one attached hydrogen (secondary N) is 2. The Bertz CT molecular complexity index is 1060. The number of benzene rings is 2. The van der Waals surface area contributed by atoms with Gasteiger partial charge in [-0.1, -0.05) is 35.9 Å². The first-order valence-corrected chi connectivity index (χ1v) is 9.89. The van der Waals surface area contributed by atoms with E-state index in [1.165, 1.54) is 12.1 Å². The fraction of sp³-hybridized carbons (Fsp3) is 0.217. The molecule has 29 heavy (non-hydrogen) atoms. The van der Waals surface area contributed by atoms with Crippen LogP contribution in [0.3, 0.4) is 0 Å². The van der Waals surface area contributed by atoms with Gasteiger partial charge < -0.3 is 10.6 Å². The van der Waals surface area contributed by atoms with Crippen molar-refractivity contribution in [1.82, 2.24) is 5.32 Å². The van der Waals surface area contributed by atoms with Crippen LogP contribution in [-0.4, -0.2) is 11.7 Å². The topological polar surface area (TPSA) is 58.2 Å². The number of halogens is 2. The molecular weight excluding hydrogens is 391 g/mol. The van der Waals surface area contributed by atoms with Crippen molar-refractivity contribution in [2.75, 3.05) is 5.32 Å². The van der Waals surface area contributed by atoms with Crippen molar-refractivity contribution >= 4 is 29.0 Å². The molecule has 0 unspecified atom stereocenters. The molecule has 2 aromatic carbocycles. The van der Waals surface area contributed by atoms with Crippen LogP contribution in [0.15, 0.2) is 71.1 Å². The smallest absolute Gasteiger partial charge is 0.254 e. The van der Waals surface area contributed by atoms with Gasteiger partial charge in [0.1, 0.15) is 5.82 Å². The Labute approximate surface area is 173 Å². The van der Waals surface area contributed by atoms with Crippen LogP contribution in [0, 0.1) is 5.82 Å². The zero-order valence-electron chi connectivity index (χ0n) is 15.9. The summed E-state index contributed by atoms with van der Waals surface area (Å²) in [5.41, 5.74) is 3.44. The molecule has 1 amide bonds. The van der Waals surface area contributed by atoms with Crippen LogP contribution in [0.1, 0.15) is 37.7 Å². The summed E-state index contributed by atoms with van der Waals surface area (Å²) in [5.74, 6) is -1.45. The van der Waals surface area contributed by atoms with E-state index in [1.807, 2.05) is 19.1 Å². The van der Waals surface area contributed by atoms with Crippen LogP contribution >= 0.6 is 11.6 Å². The second-order valence-electron chi connectivity index (χ2n) is 7.25. The molecule has 2 aliphatic rings. The van der Waals surface area contributed by atoms with Gasteiger partial charge in [0, 0.05) is 39.9 Å². The number of Topliss-reactive ketones (excluding diaryl/α,β-unsaturated/α-hetero) is 1. The van der Waals surface area contributed by atoms with Crippen LogP contribution < -0.4 is 10.6 Å². The number of hydrogen-bond donors (Lipinski definition) is 2. The minimum Gasteiger partial charge on any atom is -0.362 e. The van der Waals surface area contributed by atoms with E-state index in [-0.39, 0.29) is 11.5 Å². The van der Waals surface area contributed by atoms with Gasteiger partial charge in [-0.05, 0) is 49.6 Å². The number of carbonyl (C=O) groups is 2. The highest BCUT2D eigenvalue weighted by Crippen LogP contribution is 2.42. The highest BCUT2D eigenvalue weighted by Gasteiger charge is 2.38.